The Morgan fingerprint density at radius 2 is 1.85 bits per heavy atom. The van der Waals surface area contributed by atoms with Crippen LogP contribution in [-0.4, -0.2) is 55.5 Å². The normalized spacial score (nSPS) is 18.4. The summed E-state index contributed by atoms with van der Waals surface area (Å²) < 4.78 is 13.6. The molecule has 4 nitrogen and oxygen atoms in total. The number of hydrogen-bond acceptors (Lipinski definition) is 3. The molecule has 2 aromatic rings. The van der Waals surface area contributed by atoms with E-state index in [9.17, 15) is 9.18 Å². The van der Waals surface area contributed by atoms with Gasteiger partial charge >= 0.3 is 0 Å². The number of carbonyl (C=O) groups excluding carboxylic acids is 1. The molecule has 3 rings (SSSR count). The van der Waals surface area contributed by atoms with Crippen LogP contribution in [0, 0.1) is 5.82 Å². The monoisotopic (exact) mass is 369 g/mol. The molecular formula is C22H28FN3O. The number of likely N-dealkylation sites (N-methyl/N-ethyl adjacent to an activating group) is 1. The largest absolute Gasteiger partial charge is 0.356 e. The van der Waals surface area contributed by atoms with Gasteiger partial charge < -0.3 is 10.2 Å². The zero-order valence-electron chi connectivity index (χ0n) is 15.9. The van der Waals surface area contributed by atoms with Crippen LogP contribution in [0.15, 0.2) is 54.6 Å². The van der Waals surface area contributed by atoms with Gasteiger partial charge in [0.1, 0.15) is 5.82 Å². The van der Waals surface area contributed by atoms with Crippen molar-refractivity contribution in [1.29, 1.82) is 0 Å². The molecule has 0 bridgehead atoms. The number of piperazine rings is 1. The molecule has 0 aromatic heterocycles. The van der Waals surface area contributed by atoms with Crippen molar-refractivity contribution in [2.24, 2.45) is 0 Å². The quantitative estimate of drug-likeness (QED) is 0.763. The average molecular weight is 369 g/mol. The number of nitrogens with zero attached hydrogens (tertiary/aromatic N) is 2. The van der Waals surface area contributed by atoms with Gasteiger partial charge in [0, 0.05) is 38.8 Å². The Balaban J connectivity index is 1.46. The molecule has 1 amide bonds. The van der Waals surface area contributed by atoms with Crippen LogP contribution in [0.25, 0.3) is 0 Å². The first-order chi connectivity index (χ1) is 13.1. The van der Waals surface area contributed by atoms with Crippen molar-refractivity contribution in [3.8, 4) is 0 Å². The lowest BCUT2D eigenvalue weighted by Crippen LogP contribution is -2.47. The molecule has 1 atom stereocenters. The summed E-state index contributed by atoms with van der Waals surface area (Å²) in [5.74, 6) is -0.450. The summed E-state index contributed by atoms with van der Waals surface area (Å²) in [5, 5.41) is 2.92. The zero-order chi connectivity index (χ0) is 19.1. The molecule has 144 valence electrons. The summed E-state index contributed by atoms with van der Waals surface area (Å²) in [6, 6.07) is 17.4. The minimum Gasteiger partial charge on any atom is -0.356 e. The molecule has 27 heavy (non-hydrogen) atoms. The highest BCUT2D eigenvalue weighted by Crippen LogP contribution is 2.24. The van der Waals surface area contributed by atoms with Crippen LogP contribution in [0.1, 0.15) is 23.6 Å². The van der Waals surface area contributed by atoms with Gasteiger partial charge in [-0.1, -0.05) is 48.5 Å². The fraction of sp³-hybridized carbons (Fsp3) is 0.409. The molecule has 0 unspecified atom stereocenters. The molecule has 0 saturated carbocycles. The molecule has 1 heterocycles. The van der Waals surface area contributed by atoms with E-state index < -0.39 is 0 Å². The maximum atomic E-state index is 13.6. The van der Waals surface area contributed by atoms with Crippen LogP contribution in [0.2, 0.25) is 0 Å². The Morgan fingerprint density at radius 3 is 2.63 bits per heavy atom. The van der Waals surface area contributed by atoms with E-state index in [4.69, 9.17) is 0 Å². The first-order valence-corrected chi connectivity index (χ1v) is 9.61. The number of rotatable bonds is 7. The molecule has 5 heteroatoms. The first-order valence-electron chi connectivity index (χ1n) is 9.61. The third-order valence-corrected chi connectivity index (χ3v) is 5.13. The van der Waals surface area contributed by atoms with Crippen LogP contribution in [0.4, 0.5) is 4.39 Å². The molecular weight excluding hydrogens is 341 g/mol. The van der Waals surface area contributed by atoms with E-state index in [1.807, 2.05) is 6.07 Å². The van der Waals surface area contributed by atoms with E-state index in [0.29, 0.717) is 18.2 Å². The van der Waals surface area contributed by atoms with Gasteiger partial charge in [0.05, 0.1) is 6.42 Å². The summed E-state index contributed by atoms with van der Waals surface area (Å²) >= 11 is 0. The predicted molar refractivity (Wildman–Crippen MR) is 106 cm³/mol. The lowest BCUT2D eigenvalue weighted by molar-refractivity contribution is -0.120. The van der Waals surface area contributed by atoms with Crippen molar-refractivity contribution in [3.05, 3.63) is 71.5 Å². The second-order valence-corrected chi connectivity index (χ2v) is 7.20. The average Bonchev–Trinajstić information content (AvgIpc) is 2.68. The number of hydrogen-bond donors (Lipinski definition) is 1. The van der Waals surface area contributed by atoms with Crippen molar-refractivity contribution in [1.82, 2.24) is 15.1 Å². The maximum absolute atomic E-state index is 13.6. The fourth-order valence-corrected chi connectivity index (χ4v) is 3.60. The molecule has 1 aliphatic rings. The molecule has 0 aliphatic carbocycles. The number of benzene rings is 2. The van der Waals surface area contributed by atoms with E-state index in [1.54, 1.807) is 18.2 Å². The van der Waals surface area contributed by atoms with E-state index >= 15 is 0 Å². The molecule has 0 radical (unpaired) electrons. The summed E-state index contributed by atoms with van der Waals surface area (Å²) in [4.78, 5) is 16.9. The highest BCUT2D eigenvalue weighted by molar-refractivity contribution is 5.78. The first kappa shape index (κ1) is 19.5. The van der Waals surface area contributed by atoms with Gasteiger partial charge in [-0.15, -0.1) is 0 Å². The van der Waals surface area contributed by atoms with Crippen molar-refractivity contribution in [2.45, 2.75) is 18.9 Å². The van der Waals surface area contributed by atoms with E-state index in [1.165, 1.54) is 11.6 Å². The Hall–Kier alpha value is -2.24. The lowest BCUT2D eigenvalue weighted by atomic mass is 10.0. The number of amides is 1. The summed E-state index contributed by atoms with van der Waals surface area (Å²) in [6.07, 6.45) is 0.976. The molecule has 1 fully saturated rings. The van der Waals surface area contributed by atoms with Gasteiger partial charge in [0.25, 0.3) is 0 Å². The van der Waals surface area contributed by atoms with Gasteiger partial charge in [-0.05, 0) is 30.7 Å². The van der Waals surface area contributed by atoms with Crippen molar-refractivity contribution in [3.63, 3.8) is 0 Å². The smallest absolute Gasteiger partial charge is 0.224 e. The highest BCUT2D eigenvalue weighted by atomic mass is 19.1. The van der Waals surface area contributed by atoms with Gasteiger partial charge in [-0.3, -0.25) is 9.69 Å². The zero-order valence-corrected chi connectivity index (χ0v) is 15.9. The summed E-state index contributed by atoms with van der Waals surface area (Å²) in [6.45, 7) is 4.65. The van der Waals surface area contributed by atoms with Crippen LogP contribution in [-0.2, 0) is 11.2 Å². The molecule has 2 aromatic carbocycles. The van der Waals surface area contributed by atoms with E-state index in [-0.39, 0.29) is 18.1 Å². The molecule has 0 spiro atoms. The third-order valence-electron chi connectivity index (χ3n) is 5.13. The number of nitrogens with one attached hydrogen (secondary N) is 1. The maximum Gasteiger partial charge on any atom is 0.224 e. The van der Waals surface area contributed by atoms with Crippen LogP contribution in [0.3, 0.4) is 0 Å². The Labute approximate surface area is 161 Å². The second kappa shape index (κ2) is 9.62. The second-order valence-electron chi connectivity index (χ2n) is 7.20. The molecule has 1 saturated heterocycles. The minimum atomic E-state index is -0.323. The summed E-state index contributed by atoms with van der Waals surface area (Å²) in [5.41, 5.74) is 1.78. The van der Waals surface area contributed by atoms with E-state index in [2.05, 4.69) is 46.4 Å². The van der Waals surface area contributed by atoms with Crippen molar-refractivity contribution >= 4 is 5.91 Å². The Bertz CT molecular complexity index is 737. The van der Waals surface area contributed by atoms with Gasteiger partial charge in [-0.2, -0.15) is 0 Å². The van der Waals surface area contributed by atoms with Crippen LogP contribution in [0.5, 0.6) is 0 Å². The number of carbonyl (C=O) groups is 1. The fourth-order valence-electron chi connectivity index (χ4n) is 3.60. The van der Waals surface area contributed by atoms with Crippen LogP contribution < -0.4 is 5.32 Å². The van der Waals surface area contributed by atoms with Gasteiger partial charge in [0.15, 0.2) is 0 Å². The Kier molecular flexibility index (Phi) is 6.96. The lowest BCUT2D eigenvalue weighted by Gasteiger charge is -2.40. The standard InChI is InChI=1S/C22H28FN3O/c1-25-14-15-26(21(17-25)18-8-3-2-4-9-18)13-7-12-24-22(27)16-19-10-5-6-11-20(19)23/h2-6,8-11,21H,7,12-17H2,1H3,(H,24,27)/t21-/m1/s1. The highest BCUT2D eigenvalue weighted by Gasteiger charge is 2.25. The van der Waals surface area contributed by atoms with E-state index in [0.717, 1.165) is 32.6 Å². The minimum absolute atomic E-state index is 0.0911. The van der Waals surface area contributed by atoms with Crippen molar-refractivity contribution < 1.29 is 9.18 Å². The van der Waals surface area contributed by atoms with Gasteiger partial charge in [-0.25, -0.2) is 4.39 Å². The van der Waals surface area contributed by atoms with Gasteiger partial charge in [0.2, 0.25) is 5.91 Å². The number of halogens is 1. The van der Waals surface area contributed by atoms with Crippen molar-refractivity contribution in [2.75, 3.05) is 39.8 Å². The summed E-state index contributed by atoms with van der Waals surface area (Å²) in [7, 11) is 2.16. The third kappa shape index (κ3) is 5.62. The predicted octanol–water partition coefficient (Wildman–Crippen LogP) is 2.86. The topological polar surface area (TPSA) is 35.6 Å². The molecule has 1 N–H and O–H groups in total. The SMILES string of the molecule is CN1CCN(CCCNC(=O)Cc2ccccc2F)[C@@H](c2ccccc2)C1. The van der Waals surface area contributed by atoms with Crippen LogP contribution >= 0.6 is 0 Å². The molecule has 1 aliphatic heterocycles. The Morgan fingerprint density at radius 1 is 1.11 bits per heavy atom.